The number of benzene rings is 1. The Morgan fingerprint density at radius 2 is 1.95 bits per heavy atom. The van der Waals surface area contributed by atoms with Gasteiger partial charge in [-0.2, -0.15) is 5.10 Å². The number of hydrogen-bond acceptors (Lipinski definition) is 5. The van der Waals surface area contributed by atoms with E-state index >= 15 is 0 Å². The first-order valence-electron chi connectivity index (χ1n) is 6.69. The molecule has 1 aromatic carbocycles. The molecule has 1 N–H and O–H groups in total. The standard InChI is InChI=1S/C15H15FN4S/c1-9-7-10(2)18-15(17-9)20-19-13-5-6-21-14-4-3-11(16)8-12(13)14/h3-4,7-8H,5-6H2,1-2H3,(H,17,18,20)/b19-13+. The lowest BCUT2D eigenvalue weighted by molar-refractivity contribution is 0.626. The van der Waals surface area contributed by atoms with Gasteiger partial charge in [-0.3, -0.25) is 0 Å². The minimum absolute atomic E-state index is 0.244. The van der Waals surface area contributed by atoms with Crippen molar-refractivity contribution in [3.8, 4) is 0 Å². The monoisotopic (exact) mass is 302 g/mol. The molecule has 4 nitrogen and oxygen atoms in total. The summed E-state index contributed by atoms with van der Waals surface area (Å²) in [6.07, 6.45) is 0.791. The van der Waals surface area contributed by atoms with Gasteiger partial charge in [-0.15, -0.1) is 11.8 Å². The quantitative estimate of drug-likeness (QED) is 0.862. The van der Waals surface area contributed by atoms with Gasteiger partial charge in [0.05, 0.1) is 5.71 Å². The van der Waals surface area contributed by atoms with Crippen LogP contribution in [0.2, 0.25) is 0 Å². The molecule has 2 aromatic rings. The van der Waals surface area contributed by atoms with Crippen molar-refractivity contribution in [2.75, 3.05) is 11.2 Å². The van der Waals surface area contributed by atoms with E-state index in [0.717, 1.165) is 39.7 Å². The molecule has 0 aliphatic carbocycles. The molecule has 0 radical (unpaired) electrons. The average molecular weight is 302 g/mol. The molecule has 0 bridgehead atoms. The first kappa shape index (κ1) is 14.0. The maximum Gasteiger partial charge on any atom is 0.243 e. The van der Waals surface area contributed by atoms with Crippen LogP contribution in [0.15, 0.2) is 34.3 Å². The van der Waals surface area contributed by atoms with Crippen LogP contribution >= 0.6 is 11.8 Å². The second-order valence-corrected chi connectivity index (χ2v) is 6.02. The second-order valence-electron chi connectivity index (χ2n) is 4.88. The summed E-state index contributed by atoms with van der Waals surface area (Å²) < 4.78 is 13.4. The Morgan fingerprint density at radius 1 is 1.19 bits per heavy atom. The third-order valence-corrected chi connectivity index (χ3v) is 4.20. The Morgan fingerprint density at radius 3 is 2.71 bits per heavy atom. The molecule has 1 aliphatic rings. The van der Waals surface area contributed by atoms with Crippen molar-refractivity contribution in [1.29, 1.82) is 0 Å². The van der Waals surface area contributed by atoms with Crippen molar-refractivity contribution in [2.24, 2.45) is 5.10 Å². The minimum atomic E-state index is -0.244. The van der Waals surface area contributed by atoms with Gasteiger partial charge in [0.25, 0.3) is 0 Å². The molecule has 0 atom stereocenters. The molecule has 0 spiro atoms. The van der Waals surface area contributed by atoms with Crippen molar-refractivity contribution in [3.05, 3.63) is 47.0 Å². The zero-order valence-electron chi connectivity index (χ0n) is 11.9. The van der Waals surface area contributed by atoms with Crippen molar-refractivity contribution in [3.63, 3.8) is 0 Å². The van der Waals surface area contributed by atoms with Crippen LogP contribution in [-0.4, -0.2) is 21.4 Å². The maximum absolute atomic E-state index is 13.4. The van der Waals surface area contributed by atoms with Gasteiger partial charge in [0.2, 0.25) is 5.95 Å². The second kappa shape index (κ2) is 5.81. The van der Waals surface area contributed by atoms with E-state index in [4.69, 9.17) is 0 Å². The van der Waals surface area contributed by atoms with E-state index in [9.17, 15) is 4.39 Å². The zero-order valence-corrected chi connectivity index (χ0v) is 12.7. The summed E-state index contributed by atoms with van der Waals surface area (Å²) in [4.78, 5) is 9.63. The molecule has 21 heavy (non-hydrogen) atoms. The summed E-state index contributed by atoms with van der Waals surface area (Å²) in [5.41, 5.74) is 6.35. The third kappa shape index (κ3) is 3.21. The molecule has 0 unspecified atom stereocenters. The number of nitrogens with zero attached hydrogens (tertiary/aromatic N) is 3. The lowest BCUT2D eigenvalue weighted by Gasteiger charge is -2.17. The number of hydrogen-bond donors (Lipinski definition) is 1. The Labute approximate surface area is 126 Å². The number of aromatic nitrogens is 2. The number of hydrazone groups is 1. The molecule has 0 amide bonds. The van der Waals surface area contributed by atoms with Crippen LogP contribution < -0.4 is 5.43 Å². The lowest BCUT2D eigenvalue weighted by Crippen LogP contribution is -2.13. The van der Waals surface area contributed by atoms with Crippen molar-refractivity contribution in [2.45, 2.75) is 25.2 Å². The Hall–Kier alpha value is -1.95. The fourth-order valence-corrected chi connectivity index (χ4v) is 3.27. The Kier molecular flexibility index (Phi) is 3.88. The highest BCUT2D eigenvalue weighted by molar-refractivity contribution is 7.99. The highest BCUT2D eigenvalue weighted by atomic mass is 32.2. The molecule has 6 heteroatoms. The van der Waals surface area contributed by atoms with E-state index in [-0.39, 0.29) is 5.82 Å². The van der Waals surface area contributed by atoms with E-state index < -0.39 is 0 Å². The molecule has 2 heterocycles. The van der Waals surface area contributed by atoms with Gasteiger partial charge >= 0.3 is 0 Å². The number of halogens is 1. The summed E-state index contributed by atoms with van der Waals surface area (Å²) in [5.74, 6) is 1.16. The number of fused-ring (bicyclic) bond motifs is 1. The summed E-state index contributed by atoms with van der Waals surface area (Å²) in [7, 11) is 0. The topological polar surface area (TPSA) is 50.2 Å². The predicted octanol–water partition coefficient (Wildman–Crippen LogP) is 3.54. The van der Waals surface area contributed by atoms with Gasteiger partial charge in [0.1, 0.15) is 5.82 Å². The molecular weight excluding hydrogens is 287 g/mol. The van der Waals surface area contributed by atoms with Crippen LogP contribution in [0, 0.1) is 19.7 Å². The van der Waals surface area contributed by atoms with Crippen LogP contribution in [0.25, 0.3) is 0 Å². The molecule has 0 saturated heterocycles. The van der Waals surface area contributed by atoms with E-state index in [1.807, 2.05) is 19.9 Å². The van der Waals surface area contributed by atoms with E-state index in [1.54, 1.807) is 17.8 Å². The smallest absolute Gasteiger partial charge is 0.243 e. The lowest BCUT2D eigenvalue weighted by atomic mass is 10.1. The maximum atomic E-state index is 13.4. The van der Waals surface area contributed by atoms with E-state index in [2.05, 4.69) is 20.5 Å². The normalized spacial score (nSPS) is 15.9. The van der Waals surface area contributed by atoms with Crippen LogP contribution in [0.4, 0.5) is 10.3 Å². The van der Waals surface area contributed by atoms with Gasteiger partial charge in [-0.05, 0) is 38.1 Å². The number of rotatable bonds is 2. The van der Waals surface area contributed by atoms with Crippen LogP contribution in [0.5, 0.6) is 0 Å². The highest BCUT2D eigenvalue weighted by Gasteiger charge is 2.17. The van der Waals surface area contributed by atoms with Gasteiger partial charge in [-0.1, -0.05) is 0 Å². The fourth-order valence-electron chi connectivity index (χ4n) is 2.26. The summed E-state index contributed by atoms with van der Waals surface area (Å²) in [6.45, 7) is 3.82. The van der Waals surface area contributed by atoms with Crippen LogP contribution in [-0.2, 0) is 0 Å². The number of aryl methyl sites for hydroxylation is 2. The van der Waals surface area contributed by atoms with Gasteiger partial charge in [0.15, 0.2) is 0 Å². The van der Waals surface area contributed by atoms with E-state index in [0.29, 0.717) is 5.95 Å². The van der Waals surface area contributed by atoms with Crippen molar-refractivity contribution >= 4 is 23.4 Å². The fraction of sp³-hybridized carbons (Fsp3) is 0.267. The van der Waals surface area contributed by atoms with Crippen molar-refractivity contribution < 1.29 is 4.39 Å². The van der Waals surface area contributed by atoms with Gasteiger partial charge in [-0.25, -0.2) is 19.8 Å². The third-order valence-electron chi connectivity index (χ3n) is 3.12. The molecule has 0 fully saturated rings. The highest BCUT2D eigenvalue weighted by Crippen LogP contribution is 2.30. The summed E-state index contributed by atoms with van der Waals surface area (Å²) >= 11 is 1.72. The Balaban J connectivity index is 1.89. The predicted molar refractivity (Wildman–Crippen MR) is 83.4 cm³/mol. The molecule has 0 saturated carbocycles. The van der Waals surface area contributed by atoms with Crippen LogP contribution in [0.3, 0.4) is 0 Å². The summed E-state index contributed by atoms with van der Waals surface area (Å²) in [5, 5.41) is 4.38. The van der Waals surface area contributed by atoms with Crippen molar-refractivity contribution in [1.82, 2.24) is 9.97 Å². The summed E-state index contributed by atoms with van der Waals surface area (Å²) in [6, 6.07) is 6.72. The Bertz CT molecular complexity index is 695. The molecule has 1 aliphatic heterocycles. The molecular formula is C15H15FN4S. The first-order chi connectivity index (χ1) is 10.1. The number of nitrogens with one attached hydrogen (secondary N) is 1. The molecule has 1 aromatic heterocycles. The zero-order chi connectivity index (χ0) is 14.8. The first-order valence-corrected chi connectivity index (χ1v) is 7.68. The molecule has 3 rings (SSSR count). The number of thioether (sulfide) groups is 1. The minimum Gasteiger partial charge on any atom is -0.245 e. The SMILES string of the molecule is Cc1cc(C)nc(N/N=C2\CCSc3ccc(F)cc32)n1. The van der Waals surface area contributed by atoms with Crippen LogP contribution in [0.1, 0.15) is 23.4 Å². The largest absolute Gasteiger partial charge is 0.245 e. The number of anilines is 1. The average Bonchev–Trinajstić information content (AvgIpc) is 2.44. The van der Waals surface area contributed by atoms with E-state index in [1.165, 1.54) is 12.1 Å². The van der Waals surface area contributed by atoms with Gasteiger partial charge < -0.3 is 0 Å². The van der Waals surface area contributed by atoms with Gasteiger partial charge in [0, 0.05) is 34.0 Å². The molecule has 108 valence electrons.